The lowest BCUT2D eigenvalue weighted by atomic mass is 10.1. The summed E-state index contributed by atoms with van der Waals surface area (Å²) in [5, 5.41) is 16.7. The molecule has 1 aromatic heterocycles. The molecule has 0 atom stereocenters. The number of carbonyl (C=O) groups is 2. The molecule has 0 saturated carbocycles. The standard InChI is InChI=1S/C20H18N4O3/c25-19(26)18-16-13-23(20(27)21-14-7-3-1-4-8-14)12-11-17(16)24(22-18)15-9-5-2-6-10-15/h1-10H,11-13H2,(H,21,27)(H,25,26). The number of nitrogens with zero attached hydrogens (tertiary/aromatic N) is 3. The van der Waals surface area contributed by atoms with Crippen LogP contribution in [0.3, 0.4) is 0 Å². The van der Waals surface area contributed by atoms with Gasteiger partial charge in [0.05, 0.1) is 17.9 Å². The van der Waals surface area contributed by atoms with Crippen molar-refractivity contribution in [2.45, 2.75) is 13.0 Å². The van der Waals surface area contributed by atoms with Gasteiger partial charge in [0.15, 0.2) is 5.69 Å². The van der Waals surface area contributed by atoms with E-state index >= 15 is 0 Å². The van der Waals surface area contributed by atoms with Gasteiger partial charge in [-0.1, -0.05) is 36.4 Å². The van der Waals surface area contributed by atoms with Crippen LogP contribution in [0.2, 0.25) is 0 Å². The Hall–Kier alpha value is -3.61. The van der Waals surface area contributed by atoms with Gasteiger partial charge in [0.2, 0.25) is 0 Å². The van der Waals surface area contributed by atoms with Gasteiger partial charge >= 0.3 is 12.0 Å². The Morgan fingerprint density at radius 2 is 1.67 bits per heavy atom. The predicted molar refractivity (Wildman–Crippen MR) is 100 cm³/mol. The number of fused-ring (bicyclic) bond motifs is 1. The van der Waals surface area contributed by atoms with Crippen molar-refractivity contribution in [1.29, 1.82) is 0 Å². The molecular weight excluding hydrogens is 344 g/mol. The van der Waals surface area contributed by atoms with Crippen molar-refractivity contribution < 1.29 is 14.7 Å². The minimum absolute atomic E-state index is 0.00827. The van der Waals surface area contributed by atoms with Crippen LogP contribution in [0.4, 0.5) is 10.5 Å². The van der Waals surface area contributed by atoms with Crippen molar-refractivity contribution in [3.63, 3.8) is 0 Å². The maximum atomic E-state index is 12.6. The molecule has 7 nitrogen and oxygen atoms in total. The van der Waals surface area contributed by atoms with Crippen LogP contribution < -0.4 is 5.32 Å². The highest BCUT2D eigenvalue weighted by atomic mass is 16.4. The number of carbonyl (C=O) groups excluding carboxylic acids is 1. The van der Waals surface area contributed by atoms with Crippen LogP contribution >= 0.6 is 0 Å². The van der Waals surface area contributed by atoms with E-state index in [0.29, 0.717) is 24.2 Å². The van der Waals surface area contributed by atoms with Crippen LogP contribution in [-0.2, 0) is 13.0 Å². The minimum Gasteiger partial charge on any atom is -0.476 e. The van der Waals surface area contributed by atoms with Crippen molar-refractivity contribution in [2.75, 3.05) is 11.9 Å². The number of amides is 2. The molecule has 0 saturated heterocycles. The van der Waals surface area contributed by atoms with Gasteiger partial charge in [0.25, 0.3) is 0 Å². The third-order valence-corrected chi connectivity index (χ3v) is 4.57. The fourth-order valence-electron chi connectivity index (χ4n) is 3.27. The molecule has 0 aliphatic carbocycles. The number of hydrogen-bond acceptors (Lipinski definition) is 3. The Morgan fingerprint density at radius 1 is 1.00 bits per heavy atom. The summed E-state index contributed by atoms with van der Waals surface area (Å²) < 4.78 is 1.67. The first-order valence-electron chi connectivity index (χ1n) is 8.64. The lowest BCUT2D eigenvalue weighted by Gasteiger charge is -2.27. The summed E-state index contributed by atoms with van der Waals surface area (Å²) in [5.74, 6) is -1.09. The molecule has 2 amide bonds. The Labute approximate surface area is 155 Å². The molecule has 1 aliphatic rings. The molecule has 27 heavy (non-hydrogen) atoms. The molecule has 0 unspecified atom stereocenters. The van der Waals surface area contributed by atoms with Gasteiger partial charge in [-0.25, -0.2) is 14.3 Å². The van der Waals surface area contributed by atoms with Gasteiger partial charge in [-0.15, -0.1) is 0 Å². The topological polar surface area (TPSA) is 87.5 Å². The molecule has 0 fully saturated rings. The summed E-state index contributed by atoms with van der Waals surface area (Å²) in [5.41, 5.74) is 2.92. The number of rotatable bonds is 3. The predicted octanol–water partition coefficient (Wildman–Crippen LogP) is 3.16. The average molecular weight is 362 g/mol. The van der Waals surface area contributed by atoms with Crippen LogP contribution in [-0.4, -0.2) is 38.3 Å². The van der Waals surface area contributed by atoms with E-state index in [1.165, 1.54) is 0 Å². The van der Waals surface area contributed by atoms with Gasteiger partial charge in [-0.3, -0.25) is 0 Å². The van der Waals surface area contributed by atoms with Crippen molar-refractivity contribution >= 4 is 17.7 Å². The van der Waals surface area contributed by atoms with Crippen LogP contribution in [0, 0.1) is 0 Å². The van der Waals surface area contributed by atoms with Crippen molar-refractivity contribution in [3.05, 3.63) is 77.6 Å². The molecule has 4 rings (SSSR count). The van der Waals surface area contributed by atoms with E-state index in [1.807, 2.05) is 60.7 Å². The van der Waals surface area contributed by atoms with Crippen LogP contribution in [0.1, 0.15) is 21.7 Å². The number of hydrogen-bond donors (Lipinski definition) is 2. The summed E-state index contributed by atoms with van der Waals surface area (Å²) in [7, 11) is 0. The van der Waals surface area contributed by atoms with E-state index in [-0.39, 0.29) is 18.3 Å². The molecule has 0 radical (unpaired) electrons. The number of urea groups is 1. The first kappa shape index (κ1) is 16.8. The third-order valence-electron chi connectivity index (χ3n) is 4.57. The van der Waals surface area contributed by atoms with Gasteiger partial charge in [-0.2, -0.15) is 5.10 Å². The molecule has 0 bridgehead atoms. The summed E-state index contributed by atoms with van der Waals surface area (Å²) in [6.07, 6.45) is 0.534. The van der Waals surface area contributed by atoms with E-state index in [9.17, 15) is 14.7 Å². The number of aromatic carboxylic acids is 1. The average Bonchev–Trinajstić information content (AvgIpc) is 3.08. The molecule has 7 heteroatoms. The maximum absolute atomic E-state index is 12.6. The van der Waals surface area contributed by atoms with Crippen molar-refractivity contribution in [1.82, 2.24) is 14.7 Å². The van der Waals surface area contributed by atoms with E-state index in [0.717, 1.165) is 11.4 Å². The molecule has 3 aromatic rings. The number of aromatic nitrogens is 2. The van der Waals surface area contributed by atoms with E-state index < -0.39 is 5.97 Å². The Balaban J connectivity index is 1.63. The third kappa shape index (κ3) is 3.27. The minimum atomic E-state index is -1.09. The molecule has 136 valence electrons. The number of para-hydroxylation sites is 2. The fourth-order valence-corrected chi connectivity index (χ4v) is 3.27. The quantitative estimate of drug-likeness (QED) is 0.749. The first-order chi connectivity index (χ1) is 13.1. The van der Waals surface area contributed by atoms with Crippen LogP contribution in [0.15, 0.2) is 60.7 Å². The van der Waals surface area contributed by atoms with Crippen molar-refractivity contribution in [3.8, 4) is 5.69 Å². The molecule has 2 heterocycles. The van der Waals surface area contributed by atoms with Crippen molar-refractivity contribution in [2.24, 2.45) is 0 Å². The summed E-state index contributed by atoms with van der Waals surface area (Å²) in [4.78, 5) is 25.9. The summed E-state index contributed by atoms with van der Waals surface area (Å²) in [6, 6.07) is 18.3. The Morgan fingerprint density at radius 3 is 2.33 bits per heavy atom. The largest absolute Gasteiger partial charge is 0.476 e. The van der Waals surface area contributed by atoms with E-state index in [1.54, 1.807) is 9.58 Å². The molecule has 2 N–H and O–H groups in total. The number of nitrogens with one attached hydrogen (secondary N) is 1. The second kappa shape index (κ2) is 6.95. The van der Waals surface area contributed by atoms with E-state index in [2.05, 4.69) is 10.4 Å². The monoisotopic (exact) mass is 362 g/mol. The molecular formula is C20H18N4O3. The zero-order valence-electron chi connectivity index (χ0n) is 14.5. The second-order valence-corrected chi connectivity index (χ2v) is 6.29. The highest BCUT2D eigenvalue weighted by Gasteiger charge is 2.30. The second-order valence-electron chi connectivity index (χ2n) is 6.29. The smallest absolute Gasteiger partial charge is 0.356 e. The zero-order chi connectivity index (χ0) is 18.8. The Kier molecular flexibility index (Phi) is 4.33. The lowest BCUT2D eigenvalue weighted by molar-refractivity contribution is 0.0687. The fraction of sp³-hybridized carbons (Fsp3) is 0.150. The maximum Gasteiger partial charge on any atom is 0.356 e. The van der Waals surface area contributed by atoms with Crippen LogP contribution in [0.5, 0.6) is 0 Å². The van der Waals surface area contributed by atoms with Crippen LogP contribution in [0.25, 0.3) is 5.69 Å². The van der Waals surface area contributed by atoms with E-state index in [4.69, 9.17) is 0 Å². The molecule has 1 aliphatic heterocycles. The number of benzene rings is 2. The number of carboxylic acids is 1. The summed E-state index contributed by atoms with van der Waals surface area (Å²) >= 11 is 0. The normalized spacial score (nSPS) is 13.1. The highest BCUT2D eigenvalue weighted by Crippen LogP contribution is 2.26. The highest BCUT2D eigenvalue weighted by molar-refractivity contribution is 5.91. The lowest BCUT2D eigenvalue weighted by Crippen LogP contribution is -2.39. The Bertz CT molecular complexity index is 983. The zero-order valence-corrected chi connectivity index (χ0v) is 14.5. The molecule has 0 spiro atoms. The van der Waals surface area contributed by atoms with Gasteiger partial charge in [0.1, 0.15) is 0 Å². The SMILES string of the molecule is O=C(O)c1nn(-c2ccccc2)c2c1CN(C(=O)Nc1ccccc1)CC2. The number of carboxylic acid groups (broad SMARTS) is 1. The number of anilines is 1. The summed E-state index contributed by atoms with van der Waals surface area (Å²) in [6.45, 7) is 0.700. The van der Waals surface area contributed by atoms with Gasteiger partial charge in [-0.05, 0) is 24.3 Å². The van der Waals surface area contributed by atoms with Gasteiger partial charge < -0.3 is 15.3 Å². The van der Waals surface area contributed by atoms with Gasteiger partial charge in [0, 0.05) is 24.2 Å². The molecule has 2 aromatic carbocycles. The first-order valence-corrected chi connectivity index (χ1v) is 8.64.